The van der Waals surface area contributed by atoms with Crippen molar-refractivity contribution >= 4 is 29.1 Å². The summed E-state index contributed by atoms with van der Waals surface area (Å²) in [4.78, 5) is 38.0. The first-order valence-corrected chi connectivity index (χ1v) is 9.50. The minimum absolute atomic E-state index is 0.186. The van der Waals surface area contributed by atoms with Crippen LogP contribution >= 0.6 is 0 Å². The fraction of sp³-hybridized carbons (Fsp3) is 0.174. The molecule has 0 saturated carbocycles. The lowest BCUT2D eigenvalue weighted by molar-refractivity contribution is -0.121. The summed E-state index contributed by atoms with van der Waals surface area (Å²) in [7, 11) is 0. The number of carbonyl (C=O) groups excluding carboxylic acids is 3. The minimum atomic E-state index is -0.216. The summed E-state index contributed by atoms with van der Waals surface area (Å²) in [5.41, 5.74) is 3.61. The summed E-state index contributed by atoms with van der Waals surface area (Å²) in [5, 5.41) is 2.90. The van der Waals surface area contributed by atoms with Crippen LogP contribution in [-0.2, 0) is 16.1 Å². The predicted molar refractivity (Wildman–Crippen MR) is 111 cm³/mol. The molecule has 1 N–H and O–H groups in total. The summed E-state index contributed by atoms with van der Waals surface area (Å²) >= 11 is 0. The molecule has 1 aliphatic heterocycles. The van der Waals surface area contributed by atoms with Crippen LogP contribution in [0.25, 0.3) is 0 Å². The summed E-state index contributed by atoms with van der Waals surface area (Å²) in [6.07, 6.45) is 2.37. The zero-order valence-electron chi connectivity index (χ0n) is 16.1. The van der Waals surface area contributed by atoms with Gasteiger partial charge >= 0.3 is 0 Å². The van der Waals surface area contributed by atoms with Crippen molar-refractivity contribution in [1.82, 2.24) is 4.57 Å². The first kappa shape index (κ1) is 18.7. The molecular weight excluding hydrogens is 366 g/mol. The van der Waals surface area contributed by atoms with Gasteiger partial charge in [0.2, 0.25) is 11.8 Å². The highest BCUT2D eigenvalue weighted by molar-refractivity contribution is 6.20. The Hall–Kier alpha value is -3.67. The van der Waals surface area contributed by atoms with Crippen LogP contribution in [-0.4, -0.2) is 22.3 Å². The van der Waals surface area contributed by atoms with E-state index in [0.717, 1.165) is 11.1 Å². The maximum absolute atomic E-state index is 12.8. The van der Waals surface area contributed by atoms with Gasteiger partial charge in [0.15, 0.2) is 0 Å². The number of anilines is 2. The largest absolute Gasteiger partial charge is 0.339 e. The van der Waals surface area contributed by atoms with Crippen LogP contribution in [0.1, 0.15) is 34.5 Å². The molecule has 0 bridgehead atoms. The molecule has 0 aliphatic carbocycles. The van der Waals surface area contributed by atoms with Crippen molar-refractivity contribution in [3.63, 3.8) is 0 Å². The van der Waals surface area contributed by atoms with Crippen molar-refractivity contribution in [3.05, 3.63) is 83.7 Å². The number of aromatic nitrogens is 1. The zero-order chi connectivity index (χ0) is 20.4. The second-order valence-corrected chi connectivity index (χ2v) is 7.09. The number of aryl methyl sites for hydroxylation is 1. The van der Waals surface area contributed by atoms with E-state index in [4.69, 9.17) is 0 Å². The molecule has 1 aromatic heterocycles. The lowest BCUT2D eigenvalue weighted by Gasteiger charge is -2.17. The van der Waals surface area contributed by atoms with E-state index in [9.17, 15) is 14.4 Å². The second kappa shape index (κ2) is 7.75. The Kier molecular flexibility index (Phi) is 4.99. The number of carbonyl (C=O) groups is 3. The van der Waals surface area contributed by atoms with Gasteiger partial charge in [0, 0.05) is 31.3 Å². The molecule has 1 fully saturated rings. The van der Waals surface area contributed by atoms with Gasteiger partial charge in [-0.1, -0.05) is 30.3 Å². The first-order valence-electron chi connectivity index (χ1n) is 9.50. The first-order chi connectivity index (χ1) is 14.0. The summed E-state index contributed by atoms with van der Waals surface area (Å²) in [6, 6.07) is 18.8. The van der Waals surface area contributed by atoms with Gasteiger partial charge in [-0.05, 0) is 48.4 Å². The van der Waals surface area contributed by atoms with Crippen LogP contribution in [0.3, 0.4) is 0 Å². The molecule has 3 amide bonds. The maximum atomic E-state index is 12.8. The molecule has 6 heteroatoms. The van der Waals surface area contributed by atoms with E-state index in [0.29, 0.717) is 23.6 Å². The highest BCUT2D eigenvalue weighted by atomic mass is 16.2. The van der Waals surface area contributed by atoms with E-state index in [1.54, 1.807) is 24.3 Å². The van der Waals surface area contributed by atoms with E-state index in [1.165, 1.54) is 4.90 Å². The van der Waals surface area contributed by atoms with E-state index >= 15 is 0 Å². The highest BCUT2D eigenvalue weighted by Crippen LogP contribution is 2.28. The van der Waals surface area contributed by atoms with E-state index in [-0.39, 0.29) is 30.6 Å². The second-order valence-electron chi connectivity index (χ2n) is 7.09. The number of amides is 3. The van der Waals surface area contributed by atoms with Crippen LogP contribution in [0.15, 0.2) is 66.9 Å². The lowest BCUT2D eigenvalue weighted by Crippen LogP contribution is -2.29. The van der Waals surface area contributed by atoms with Gasteiger partial charge in [-0.25, -0.2) is 0 Å². The molecule has 3 aromatic rings. The summed E-state index contributed by atoms with van der Waals surface area (Å²) in [5.74, 6) is -0.589. The molecule has 0 unspecified atom stereocenters. The number of benzene rings is 2. The zero-order valence-corrected chi connectivity index (χ0v) is 16.1. The van der Waals surface area contributed by atoms with Crippen LogP contribution < -0.4 is 10.2 Å². The van der Waals surface area contributed by atoms with Gasteiger partial charge in [0.25, 0.3) is 5.91 Å². The van der Waals surface area contributed by atoms with Gasteiger partial charge in [-0.15, -0.1) is 0 Å². The van der Waals surface area contributed by atoms with Gasteiger partial charge in [-0.2, -0.15) is 0 Å². The molecule has 2 aromatic carbocycles. The quantitative estimate of drug-likeness (QED) is 0.678. The van der Waals surface area contributed by atoms with Crippen molar-refractivity contribution < 1.29 is 14.4 Å². The van der Waals surface area contributed by atoms with Crippen LogP contribution in [0.4, 0.5) is 11.4 Å². The number of hydrogen-bond acceptors (Lipinski definition) is 3. The molecule has 0 atom stereocenters. The molecule has 1 aliphatic rings. The topological polar surface area (TPSA) is 71.4 Å². The Bertz CT molecular complexity index is 1070. The van der Waals surface area contributed by atoms with Crippen molar-refractivity contribution in [1.29, 1.82) is 0 Å². The standard InChI is InChI=1S/C23H21N3O3/c1-16-14-18(9-10-19(16)26-21(27)11-12-22(26)28)24-23(29)20-8-5-13-25(20)15-17-6-3-2-4-7-17/h2-10,13-14H,11-12,15H2,1H3,(H,24,29). The summed E-state index contributed by atoms with van der Waals surface area (Å²) in [6.45, 7) is 2.43. The fourth-order valence-electron chi connectivity index (χ4n) is 3.56. The number of nitrogens with zero attached hydrogens (tertiary/aromatic N) is 2. The van der Waals surface area contributed by atoms with Gasteiger partial charge in [0.1, 0.15) is 5.69 Å². The molecule has 0 spiro atoms. The Labute approximate surface area is 168 Å². The molecule has 4 rings (SSSR count). The van der Waals surface area contributed by atoms with E-state index in [2.05, 4.69) is 5.32 Å². The van der Waals surface area contributed by atoms with Crippen molar-refractivity contribution in [2.45, 2.75) is 26.3 Å². The van der Waals surface area contributed by atoms with Crippen molar-refractivity contribution in [2.75, 3.05) is 10.2 Å². The predicted octanol–water partition coefficient (Wildman–Crippen LogP) is 3.75. The normalized spacial score (nSPS) is 13.8. The average molecular weight is 387 g/mol. The van der Waals surface area contributed by atoms with Crippen molar-refractivity contribution in [3.8, 4) is 0 Å². The lowest BCUT2D eigenvalue weighted by atomic mass is 10.1. The smallest absolute Gasteiger partial charge is 0.272 e. The SMILES string of the molecule is Cc1cc(NC(=O)c2cccn2Cc2ccccc2)ccc1N1C(=O)CCC1=O. The van der Waals surface area contributed by atoms with Crippen LogP contribution in [0.5, 0.6) is 0 Å². The highest BCUT2D eigenvalue weighted by Gasteiger charge is 2.31. The third-order valence-corrected chi connectivity index (χ3v) is 5.01. The Balaban J connectivity index is 1.51. The van der Waals surface area contributed by atoms with Gasteiger partial charge in [-0.3, -0.25) is 19.3 Å². The minimum Gasteiger partial charge on any atom is -0.339 e. The monoisotopic (exact) mass is 387 g/mol. The Morgan fingerprint density at radius 3 is 2.38 bits per heavy atom. The van der Waals surface area contributed by atoms with Gasteiger partial charge < -0.3 is 9.88 Å². The fourth-order valence-corrected chi connectivity index (χ4v) is 3.56. The molecule has 146 valence electrons. The number of imide groups is 1. The third-order valence-electron chi connectivity index (χ3n) is 5.01. The molecule has 2 heterocycles. The molecule has 1 saturated heterocycles. The maximum Gasteiger partial charge on any atom is 0.272 e. The Morgan fingerprint density at radius 2 is 1.69 bits per heavy atom. The molecule has 29 heavy (non-hydrogen) atoms. The van der Waals surface area contributed by atoms with E-state index < -0.39 is 0 Å². The van der Waals surface area contributed by atoms with Crippen molar-refractivity contribution in [2.24, 2.45) is 0 Å². The molecule has 0 radical (unpaired) electrons. The Morgan fingerprint density at radius 1 is 0.966 bits per heavy atom. The number of nitrogens with one attached hydrogen (secondary N) is 1. The number of rotatable bonds is 5. The molecule has 6 nitrogen and oxygen atoms in total. The average Bonchev–Trinajstić information content (AvgIpc) is 3.30. The third kappa shape index (κ3) is 3.82. The summed E-state index contributed by atoms with van der Waals surface area (Å²) < 4.78 is 1.90. The number of hydrogen-bond donors (Lipinski definition) is 1. The van der Waals surface area contributed by atoms with Gasteiger partial charge in [0.05, 0.1) is 5.69 Å². The van der Waals surface area contributed by atoms with Crippen LogP contribution in [0.2, 0.25) is 0 Å². The molecular formula is C23H21N3O3. The van der Waals surface area contributed by atoms with E-state index in [1.807, 2.05) is 54.1 Å². The van der Waals surface area contributed by atoms with Crippen LogP contribution in [0, 0.1) is 6.92 Å².